The van der Waals surface area contributed by atoms with Crippen molar-refractivity contribution in [3.8, 4) is 0 Å². The van der Waals surface area contributed by atoms with Crippen LogP contribution in [0, 0.1) is 0 Å². The monoisotopic (exact) mass is 472 g/mol. The van der Waals surface area contributed by atoms with Gasteiger partial charge in [0.2, 0.25) is 5.95 Å². The SMILES string of the molecule is CN(C)C1CCN(c2ccc(Nc3ncc4c5ccncc5n([C@H]5CCC[C@@H]5O)c4n3)nc2)CC1. The Morgan fingerprint density at radius 3 is 2.54 bits per heavy atom. The Labute approximate surface area is 204 Å². The number of hydrogen-bond donors (Lipinski definition) is 2. The second-order valence-electron chi connectivity index (χ2n) is 9.97. The zero-order valence-corrected chi connectivity index (χ0v) is 20.3. The molecule has 9 nitrogen and oxygen atoms in total. The molecule has 35 heavy (non-hydrogen) atoms. The number of fused-ring (bicyclic) bond motifs is 3. The molecule has 2 atom stereocenters. The van der Waals surface area contributed by atoms with Gasteiger partial charge in [0.05, 0.1) is 35.7 Å². The number of piperidine rings is 1. The summed E-state index contributed by atoms with van der Waals surface area (Å²) in [5.74, 6) is 1.20. The second kappa shape index (κ2) is 9.05. The molecule has 1 saturated carbocycles. The highest BCUT2D eigenvalue weighted by Gasteiger charge is 2.30. The minimum Gasteiger partial charge on any atom is -0.391 e. The molecule has 0 spiro atoms. The van der Waals surface area contributed by atoms with E-state index in [0.717, 1.165) is 60.0 Å². The summed E-state index contributed by atoms with van der Waals surface area (Å²) in [5.41, 5.74) is 2.95. The molecule has 2 N–H and O–H groups in total. The fourth-order valence-electron chi connectivity index (χ4n) is 5.69. The average molecular weight is 473 g/mol. The van der Waals surface area contributed by atoms with E-state index >= 15 is 0 Å². The Balaban J connectivity index is 1.26. The molecular weight excluding hydrogens is 440 g/mol. The summed E-state index contributed by atoms with van der Waals surface area (Å²) in [6.45, 7) is 2.09. The molecule has 0 unspecified atom stereocenters. The topological polar surface area (TPSA) is 95.2 Å². The molecular formula is C26H32N8O. The van der Waals surface area contributed by atoms with E-state index in [1.807, 2.05) is 30.7 Å². The Bertz CT molecular complexity index is 1330. The van der Waals surface area contributed by atoms with Gasteiger partial charge in [0.15, 0.2) is 0 Å². The third kappa shape index (κ3) is 4.08. The maximum absolute atomic E-state index is 10.6. The molecule has 0 aromatic carbocycles. The maximum atomic E-state index is 10.6. The minimum atomic E-state index is -0.377. The van der Waals surface area contributed by atoms with Gasteiger partial charge in [-0.3, -0.25) is 4.98 Å². The zero-order chi connectivity index (χ0) is 23.9. The van der Waals surface area contributed by atoms with Crippen LogP contribution in [0.3, 0.4) is 0 Å². The lowest BCUT2D eigenvalue weighted by molar-refractivity contribution is 0.140. The van der Waals surface area contributed by atoms with Crippen LogP contribution in [0.5, 0.6) is 0 Å². The smallest absolute Gasteiger partial charge is 0.230 e. The van der Waals surface area contributed by atoms with Crippen LogP contribution in [0.25, 0.3) is 21.9 Å². The van der Waals surface area contributed by atoms with Gasteiger partial charge < -0.3 is 24.8 Å². The molecule has 6 rings (SSSR count). The summed E-state index contributed by atoms with van der Waals surface area (Å²) in [6.07, 6.45) is 12.1. The first-order valence-electron chi connectivity index (χ1n) is 12.5. The van der Waals surface area contributed by atoms with Crippen LogP contribution >= 0.6 is 0 Å². The molecule has 0 amide bonds. The average Bonchev–Trinajstić information content (AvgIpc) is 3.44. The predicted octanol–water partition coefficient (Wildman–Crippen LogP) is 3.73. The number of nitrogens with zero attached hydrogens (tertiary/aromatic N) is 7. The van der Waals surface area contributed by atoms with Crippen LogP contribution in [0.2, 0.25) is 0 Å². The quantitative estimate of drug-likeness (QED) is 0.454. The van der Waals surface area contributed by atoms with Crippen LogP contribution in [0.15, 0.2) is 43.0 Å². The minimum absolute atomic E-state index is 0.00371. The molecule has 4 aromatic rings. The highest BCUT2D eigenvalue weighted by atomic mass is 16.3. The van der Waals surface area contributed by atoms with Crippen molar-refractivity contribution in [2.45, 2.75) is 50.3 Å². The van der Waals surface area contributed by atoms with Gasteiger partial charge in [0.1, 0.15) is 11.5 Å². The Morgan fingerprint density at radius 1 is 0.971 bits per heavy atom. The first kappa shape index (κ1) is 22.2. The van der Waals surface area contributed by atoms with Gasteiger partial charge in [-0.15, -0.1) is 0 Å². The summed E-state index contributed by atoms with van der Waals surface area (Å²) in [4.78, 5) is 23.1. The molecule has 0 bridgehead atoms. The highest BCUT2D eigenvalue weighted by Crippen LogP contribution is 2.38. The Morgan fingerprint density at radius 2 is 1.83 bits per heavy atom. The van der Waals surface area contributed by atoms with Crippen molar-refractivity contribution >= 4 is 39.4 Å². The molecule has 2 fully saturated rings. The van der Waals surface area contributed by atoms with Crippen molar-refractivity contribution in [1.29, 1.82) is 0 Å². The van der Waals surface area contributed by atoms with Crippen molar-refractivity contribution in [3.63, 3.8) is 0 Å². The number of aliphatic hydroxyl groups is 1. The fourth-order valence-corrected chi connectivity index (χ4v) is 5.69. The van der Waals surface area contributed by atoms with E-state index in [1.54, 1.807) is 6.20 Å². The van der Waals surface area contributed by atoms with Crippen molar-refractivity contribution in [1.82, 2.24) is 29.4 Å². The maximum Gasteiger partial charge on any atom is 0.230 e. The molecule has 182 valence electrons. The van der Waals surface area contributed by atoms with Crippen LogP contribution in [0.1, 0.15) is 38.1 Å². The first-order valence-corrected chi connectivity index (χ1v) is 12.5. The van der Waals surface area contributed by atoms with Gasteiger partial charge >= 0.3 is 0 Å². The molecule has 4 aromatic heterocycles. The van der Waals surface area contributed by atoms with Crippen LogP contribution in [-0.4, -0.2) is 73.8 Å². The normalized spacial score (nSPS) is 21.4. The standard InChI is InChI=1S/C26H32N8O/c1-32(2)17-9-12-33(13-10-17)18-6-7-24(28-14-18)30-26-29-15-20-19-8-11-27-16-22(19)34(25(20)31-26)21-4-3-5-23(21)35/h6-8,11,14-17,21,23,35H,3-5,9-10,12-13H2,1-2H3,(H,28,29,30,31)/t21-,23-/m0/s1. The van der Waals surface area contributed by atoms with E-state index in [9.17, 15) is 5.11 Å². The molecule has 1 aliphatic heterocycles. The number of rotatable bonds is 5. The van der Waals surface area contributed by atoms with Gasteiger partial charge in [0, 0.05) is 42.3 Å². The largest absolute Gasteiger partial charge is 0.391 e. The lowest BCUT2D eigenvalue weighted by atomic mass is 10.0. The molecule has 2 aliphatic rings. The third-order valence-electron chi connectivity index (χ3n) is 7.67. The summed E-state index contributed by atoms with van der Waals surface area (Å²) < 4.78 is 2.15. The lowest BCUT2D eigenvalue weighted by Gasteiger charge is -2.36. The summed E-state index contributed by atoms with van der Waals surface area (Å²) >= 11 is 0. The molecule has 0 radical (unpaired) electrons. The van der Waals surface area contributed by atoms with Crippen LogP contribution < -0.4 is 10.2 Å². The molecule has 1 saturated heterocycles. The summed E-state index contributed by atoms with van der Waals surface area (Å²) in [5, 5.41) is 15.9. The van der Waals surface area contributed by atoms with E-state index in [2.05, 4.69) is 54.8 Å². The summed E-state index contributed by atoms with van der Waals surface area (Å²) in [7, 11) is 4.32. The Kier molecular flexibility index (Phi) is 5.74. The van der Waals surface area contributed by atoms with Gasteiger partial charge in [-0.05, 0) is 64.4 Å². The van der Waals surface area contributed by atoms with Crippen molar-refractivity contribution < 1.29 is 5.11 Å². The van der Waals surface area contributed by atoms with E-state index in [0.29, 0.717) is 17.8 Å². The van der Waals surface area contributed by atoms with Gasteiger partial charge in [0.25, 0.3) is 0 Å². The predicted molar refractivity (Wildman–Crippen MR) is 138 cm³/mol. The number of aliphatic hydroxyl groups excluding tert-OH is 1. The van der Waals surface area contributed by atoms with Crippen molar-refractivity contribution in [2.24, 2.45) is 0 Å². The van der Waals surface area contributed by atoms with Gasteiger partial charge in [-0.1, -0.05) is 0 Å². The van der Waals surface area contributed by atoms with E-state index in [-0.39, 0.29) is 12.1 Å². The highest BCUT2D eigenvalue weighted by molar-refractivity contribution is 6.06. The van der Waals surface area contributed by atoms with E-state index in [1.165, 1.54) is 12.8 Å². The fraction of sp³-hybridized carbons (Fsp3) is 0.462. The van der Waals surface area contributed by atoms with Crippen LogP contribution in [-0.2, 0) is 0 Å². The second-order valence-corrected chi connectivity index (χ2v) is 9.97. The van der Waals surface area contributed by atoms with Crippen molar-refractivity contribution in [2.75, 3.05) is 37.4 Å². The van der Waals surface area contributed by atoms with Crippen LogP contribution in [0.4, 0.5) is 17.5 Å². The van der Waals surface area contributed by atoms with Crippen molar-refractivity contribution in [3.05, 3.63) is 43.0 Å². The molecule has 5 heterocycles. The Hall–Kier alpha value is -3.30. The number of anilines is 3. The first-order chi connectivity index (χ1) is 17.1. The molecule has 9 heteroatoms. The number of aromatic nitrogens is 5. The van der Waals surface area contributed by atoms with E-state index < -0.39 is 0 Å². The van der Waals surface area contributed by atoms with Gasteiger partial charge in [-0.2, -0.15) is 4.98 Å². The number of nitrogens with one attached hydrogen (secondary N) is 1. The van der Waals surface area contributed by atoms with E-state index in [4.69, 9.17) is 4.98 Å². The molecule has 1 aliphatic carbocycles. The number of pyridine rings is 2. The number of hydrogen-bond acceptors (Lipinski definition) is 8. The van der Waals surface area contributed by atoms with Gasteiger partial charge in [-0.25, -0.2) is 9.97 Å². The zero-order valence-electron chi connectivity index (χ0n) is 20.3. The summed E-state index contributed by atoms with van der Waals surface area (Å²) in [6, 6.07) is 6.75. The third-order valence-corrected chi connectivity index (χ3v) is 7.67. The lowest BCUT2D eigenvalue weighted by Crippen LogP contribution is -2.42.